The van der Waals surface area contributed by atoms with E-state index in [1.807, 2.05) is 33.9 Å². The molecule has 5 rings (SSSR count). The number of aromatic nitrogens is 3. The quantitative estimate of drug-likeness (QED) is 0.355. The highest BCUT2D eigenvalue weighted by Gasteiger charge is 2.30. The molecule has 2 N–H and O–H groups in total. The lowest BCUT2D eigenvalue weighted by Crippen LogP contribution is -2.10. The van der Waals surface area contributed by atoms with Gasteiger partial charge in [0.15, 0.2) is 0 Å². The van der Waals surface area contributed by atoms with Gasteiger partial charge in [-0.15, -0.1) is 11.3 Å². The van der Waals surface area contributed by atoms with Gasteiger partial charge < -0.3 is 10.5 Å². The monoisotopic (exact) mass is 495 g/mol. The summed E-state index contributed by atoms with van der Waals surface area (Å²) in [6.45, 7) is 7.70. The highest BCUT2D eigenvalue weighted by Crippen LogP contribution is 2.39. The van der Waals surface area contributed by atoms with Gasteiger partial charge >= 0.3 is 0 Å². The van der Waals surface area contributed by atoms with Crippen LogP contribution in [-0.4, -0.2) is 25.6 Å². The third-order valence-corrected chi connectivity index (χ3v) is 7.69. The van der Waals surface area contributed by atoms with Crippen LogP contribution in [0, 0.1) is 33.5 Å². The summed E-state index contributed by atoms with van der Waals surface area (Å²) in [6, 6.07) is 7.73. The van der Waals surface area contributed by atoms with Gasteiger partial charge in [0.1, 0.15) is 17.3 Å². The number of nitrogens with one attached hydrogen (secondary N) is 1. The number of phenolic OH excluding ortho intramolecular Hbond substituents is 1. The van der Waals surface area contributed by atoms with Gasteiger partial charge in [0.2, 0.25) is 0 Å². The molecule has 3 heterocycles. The van der Waals surface area contributed by atoms with E-state index >= 15 is 0 Å². The van der Waals surface area contributed by atoms with Crippen LogP contribution in [0.1, 0.15) is 45.4 Å². The normalized spacial score (nSPS) is 15.5. The molecule has 0 saturated heterocycles. The minimum absolute atomic E-state index is 0.164. The van der Waals surface area contributed by atoms with Gasteiger partial charge in [0.05, 0.1) is 33.0 Å². The largest absolute Gasteiger partial charge is 0.507 e. The number of hydrazone groups is 1. The van der Waals surface area contributed by atoms with E-state index in [0.717, 1.165) is 49.4 Å². The molecule has 0 bridgehead atoms. The van der Waals surface area contributed by atoms with E-state index in [4.69, 9.17) is 16.7 Å². The Morgan fingerprint density at radius 2 is 1.91 bits per heavy atom. The van der Waals surface area contributed by atoms with E-state index in [2.05, 4.69) is 15.5 Å². The molecule has 2 aromatic carbocycles. The van der Waals surface area contributed by atoms with Crippen molar-refractivity contribution in [1.29, 1.82) is 0 Å². The van der Waals surface area contributed by atoms with Crippen LogP contribution in [0.3, 0.4) is 0 Å². The first-order valence-corrected chi connectivity index (χ1v) is 12.0. The fourth-order valence-corrected chi connectivity index (χ4v) is 5.45. The van der Waals surface area contributed by atoms with E-state index in [-0.39, 0.29) is 17.6 Å². The Morgan fingerprint density at radius 1 is 1.18 bits per heavy atom. The van der Waals surface area contributed by atoms with Crippen LogP contribution in [0.25, 0.3) is 16.3 Å². The SMILES string of the molecule is Cc1nc(C)c(-c2nn(-c3ccc(F)cc3)cc2C2CC(c3c(O)cc(C)c(Cl)c3C)=NN2)s1. The molecule has 1 atom stereocenters. The Kier molecular flexibility index (Phi) is 5.65. The zero-order chi connectivity index (χ0) is 24.1. The summed E-state index contributed by atoms with van der Waals surface area (Å²) in [6.07, 6.45) is 2.49. The van der Waals surface area contributed by atoms with Gasteiger partial charge in [0.25, 0.3) is 0 Å². The van der Waals surface area contributed by atoms with E-state index in [0.29, 0.717) is 17.0 Å². The minimum Gasteiger partial charge on any atom is -0.507 e. The zero-order valence-corrected chi connectivity index (χ0v) is 20.7. The summed E-state index contributed by atoms with van der Waals surface area (Å²) >= 11 is 8.05. The summed E-state index contributed by atoms with van der Waals surface area (Å²) in [7, 11) is 0. The highest BCUT2D eigenvalue weighted by molar-refractivity contribution is 7.15. The van der Waals surface area contributed by atoms with Crippen molar-refractivity contribution in [1.82, 2.24) is 20.2 Å². The van der Waals surface area contributed by atoms with E-state index in [1.54, 1.807) is 34.2 Å². The molecular weight excluding hydrogens is 473 g/mol. The number of hydrogen-bond donors (Lipinski definition) is 2. The first-order valence-electron chi connectivity index (χ1n) is 10.8. The van der Waals surface area contributed by atoms with Gasteiger partial charge in [-0.2, -0.15) is 10.2 Å². The molecule has 4 aromatic rings. The molecule has 0 aliphatic carbocycles. The molecule has 0 amide bonds. The second kappa shape index (κ2) is 8.52. The average Bonchev–Trinajstić information content (AvgIpc) is 3.51. The maximum Gasteiger partial charge on any atom is 0.125 e. The summed E-state index contributed by atoms with van der Waals surface area (Å²) in [4.78, 5) is 5.56. The third kappa shape index (κ3) is 3.86. The molecule has 34 heavy (non-hydrogen) atoms. The first-order chi connectivity index (χ1) is 16.2. The Hall–Kier alpha value is -3.23. The molecule has 9 heteroatoms. The van der Waals surface area contributed by atoms with Crippen LogP contribution in [0.2, 0.25) is 5.02 Å². The van der Waals surface area contributed by atoms with Crippen molar-refractivity contribution in [3.05, 3.63) is 80.3 Å². The average molecular weight is 496 g/mol. The van der Waals surface area contributed by atoms with Crippen LogP contribution in [-0.2, 0) is 0 Å². The maximum absolute atomic E-state index is 13.5. The van der Waals surface area contributed by atoms with Gasteiger partial charge in [-0.05, 0) is 69.2 Å². The number of thiazole rings is 1. The lowest BCUT2D eigenvalue weighted by atomic mass is 9.94. The van der Waals surface area contributed by atoms with Crippen LogP contribution in [0.15, 0.2) is 41.6 Å². The molecule has 0 spiro atoms. The lowest BCUT2D eigenvalue weighted by Gasteiger charge is -2.13. The number of benzene rings is 2. The minimum atomic E-state index is -0.298. The number of phenols is 1. The van der Waals surface area contributed by atoms with Gasteiger partial charge in [0, 0.05) is 28.8 Å². The molecule has 1 unspecified atom stereocenters. The smallest absolute Gasteiger partial charge is 0.125 e. The van der Waals surface area contributed by atoms with Crippen molar-refractivity contribution in [3.63, 3.8) is 0 Å². The van der Waals surface area contributed by atoms with Crippen molar-refractivity contribution in [2.24, 2.45) is 5.10 Å². The number of rotatable bonds is 4. The topological polar surface area (TPSA) is 75.3 Å². The Balaban J connectivity index is 1.56. The fourth-order valence-electron chi connectivity index (χ4n) is 4.38. The molecule has 0 radical (unpaired) electrons. The maximum atomic E-state index is 13.5. The summed E-state index contributed by atoms with van der Waals surface area (Å²) in [5, 5.41) is 21.6. The second-order valence-corrected chi connectivity index (χ2v) is 10.1. The number of hydrogen-bond acceptors (Lipinski definition) is 6. The molecule has 2 aromatic heterocycles. The third-order valence-electron chi connectivity index (χ3n) is 6.03. The highest BCUT2D eigenvalue weighted by atomic mass is 35.5. The van der Waals surface area contributed by atoms with Crippen LogP contribution < -0.4 is 5.43 Å². The van der Waals surface area contributed by atoms with Crippen molar-refractivity contribution in [2.45, 2.75) is 40.2 Å². The number of aryl methyl sites for hydroxylation is 3. The van der Waals surface area contributed by atoms with Gasteiger partial charge in [-0.25, -0.2) is 14.1 Å². The second-order valence-electron chi connectivity index (χ2n) is 8.47. The van der Waals surface area contributed by atoms with Gasteiger partial charge in [-0.3, -0.25) is 0 Å². The van der Waals surface area contributed by atoms with Crippen molar-refractivity contribution < 1.29 is 9.50 Å². The fraction of sp³-hybridized carbons (Fsp3) is 0.240. The summed E-state index contributed by atoms with van der Waals surface area (Å²) in [5.74, 6) is -0.135. The van der Waals surface area contributed by atoms with Crippen molar-refractivity contribution in [3.8, 4) is 22.0 Å². The summed E-state index contributed by atoms with van der Waals surface area (Å²) < 4.78 is 15.2. The van der Waals surface area contributed by atoms with Gasteiger partial charge in [-0.1, -0.05) is 11.6 Å². The van der Waals surface area contributed by atoms with E-state index in [1.165, 1.54) is 12.1 Å². The van der Waals surface area contributed by atoms with Crippen LogP contribution in [0.4, 0.5) is 4.39 Å². The summed E-state index contributed by atoms with van der Waals surface area (Å²) in [5.41, 5.74) is 9.66. The van der Waals surface area contributed by atoms with E-state index < -0.39 is 0 Å². The van der Waals surface area contributed by atoms with Crippen molar-refractivity contribution in [2.75, 3.05) is 0 Å². The number of halogens is 2. The first kappa shape index (κ1) is 22.6. The Morgan fingerprint density at radius 3 is 2.59 bits per heavy atom. The molecule has 0 fully saturated rings. The molecule has 174 valence electrons. The number of aromatic hydroxyl groups is 1. The zero-order valence-electron chi connectivity index (χ0n) is 19.1. The number of nitrogens with zero attached hydrogens (tertiary/aromatic N) is 4. The Bertz CT molecular complexity index is 1440. The van der Waals surface area contributed by atoms with Crippen LogP contribution >= 0.6 is 22.9 Å². The molecule has 6 nitrogen and oxygen atoms in total. The van der Waals surface area contributed by atoms with Crippen molar-refractivity contribution >= 4 is 28.6 Å². The molecule has 0 saturated carbocycles. The Labute approximate surface area is 205 Å². The lowest BCUT2D eigenvalue weighted by molar-refractivity contribution is 0.473. The predicted molar refractivity (Wildman–Crippen MR) is 134 cm³/mol. The predicted octanol–water partition coefficient (Wildman–Crippen LogP) is 6.17. The molecule has 1 aliphatic heterocycles. The molecular formula is C25H23ClFN5OS. The van der Waals surface area contributed by atoms with Crippen LogP contribution in [0.5, 0.6) is 5.75 Å². The standard InChI is InChI=1S/C25H23ClFN5OS/c1-12-9-21(33)22(13(2)23(12)26)20-10-19(29-30-20)18-11-32(17-7-5-16(27)6-8-17)31-24(18)25-14(3)28-15(4)34-25/h5-9,11,19,29,33H,10H2,1-4H3. The molecule has 1 aliphatic rings. The van der Waals surface area contributed by atoms with E-state index in [9.17, 15) is 9.50 Å².